The number of carbonyl (C=O) groups excluding carboxylic acids is 1. The maximum Gasteiger partial charge on any atom is 0.338 e. The van der Waals surface area contributed by atoms with Crippen LogP contribution in [-0.4, -0.2) is 29.3 Å². The van der Waals surface area contributed by atoms with Gasteiger partial charge in [-0.25, -0.2) is 4.79 Å². The van der Waals surface area contributed by atoms with Crippen molar-refractivity contribution < 1.29 is 19.4 Å². The first-order valence-corrected chi connectivity index (χ1v) is 12.1. The van der Waals surface area contributed by atoms with E-state index in [1.807, 2.05) is 97.1 Å². The molecule has 1 aliphatic rings. The Morgan fingerprint density at radius 2 is 1.64 bits per heavy atom. The smallest absolute Gasteiger partial charge is 0.338 e. The van der Waals surface area contributed by atoms with Crippen molar-refractivity contribution in [2.75, 3.05) is 13.2 Å². The molecule has 0 radical (unpaired) electrons. The number of esters is 1. The number of ether oxygens (including phenoxy) is 2. The third-order valence-electron chi connectivity index (χ3n) is 6.35. The van der Waals surface area contributed by atoms with Gasteiger partial charge in [0.2, 0.25) is 0 Å². The highest BCUT2D eigenvalue weighted by Crippen LogP contribution is 2.52. The highest BCUT2D eigenvalue weighted by Gasteiger charge is 2.49. The molecule has 4 aromatic rings. The lowest BCUT2D eigenvalue weighted by molar-refractivity contribution is -0.140. The summed E-state index contributed by atoms with van der Waals surface area (Å²) < 4.78 is 11.5. The molecule has 0 saturated carbocycles. The largest absolute Gasteiger partial charge is 0.493 e. The zero-order valence-corrected chi connectivity index (χ0v) is 20.1. The van der Waals surface area contributed by atoms with Gasteiger partial charge < -0.3 is 14.6 Å². The second-order valence-corrected chi connectivity index (χ2v) is 8.54. The molecule has 0 bridgehead atoms. The molecule has 0 aliphatic heterocycles. The molecule has 1 aromatic heterocycles. The number of aromatic nitrogens is 1. The minimum Gasteiger partial charge on any atom is -0.493 e. The molecule has 1 unspecified atom stereocenters. The molecular weight excluding hydrogens is 450 g/mol. The molecule has 1 heterocycles. The van der Waals surface area contributed by atoms with Gasteiger partial charge in [0.25, 0.3) is 0 Å². The van der Waals surface area contributed by atoms with Gasteiger partial charge in [-0.1, -0.05) is 72.8 Å². The van der Waals surface area contributed by atoms with Gasteiger partial charge in [0.1, 0.15) is 11.4 Å². The lowest BCUT2D eigenvalue weighted by Crippen LogP contribution is -2.32. The molecular formula is C31H27NO4. The first kappa shape index (κ1) is 23.5. The Hall–Kier alpha value is -4.22. The van der Waals surface area contributed by atoms with Gasteiger partial charge in [0.05, 0.1) is 18.8 Å². The van der Waals surface area contributed by atoms with E-state index < -0.39 is 11.6 Å². The molecule has 3 aromatic carbocycles. The van der Waals surface area contributed by atoms with Crippen molar-refractivity contribution in [1.82, 2.24) is 4.98 Å². The van der Waals surface area contributed by atoms with E-state index in [-0.39, 0.29) is 12.2 Å². The van der Waals surface area contributed by atoms with Crippen molar-refractivity contribution in [3.63, 3.8) is 0 Å². The average molecular weight is 478 g/mol. The van der Waals surface area contributed by atoms with Gasteiger partial charge in [0, 0.05) is 29.4 Å². The minimum atomic E-state index is -1.70. The monoisotopic (exact) mass is 477 g/mol. The van der Waals surface area contributed by atoms with Crippen LogP contribution < -0.4 is 4.74 Å². The van der Waals surface area contributed by atoms with E-state index in [2.05, 4.69) is 4.98 Å². The Balaban J connectivity index is 1.62. The molecule has 5 rings (SSSR count). The molecule has 1 N–H and O–H groups in total. The predicted octanol–water partition coefficient (Wildman–Crippen LogP) is 5.32. The van der Waals surface area contributed by atoms with Crippen molar-refractivity contribution >= 4 is 11.5 Å². The first-order chi connectivity index (χ1) is 17.6. The maximum absolute atomic E-state index is 13.4. The van der Waals surface area contributed by atoms with Crippen molar-refractivity contribution in [2.45, 2.75) is 18.9 Å². The fraction of sp³-hybridized carbons (Fsp3) is 0.161. The zero-order valence-electron chi connectivity index (χ0n) is 20.1. The molecule has 1 aliphatic carbocycles. The molecule has 0 spiro atoms. The van der Waals surface area contributed by atoms with Crippen LogP contribution in [0.2, 0.25) is 0 Å². The second-order valence-electron chi connectivity index (χ2n) is 8.54. The molecule has 5 nitrogen and oxygen atoms in total. The molecule has 1 atom stereocenters. The number of carbonyl (C=O) groups is 1. The van der Waals surface area contributed by atoms with Crippen LogP contribution in [0.5, 0.6) is 5.75 Å². The number of rotatable bonds is 8. The number of benzene rings is 3. The summed E-state index contributed by atoms with van der Waals surface area (Å²) in [4.78, 5) is 17.8. The SMILES string of the molecule is CCOC(=O)C1=C(c2ccccc2)c2ccc(OCCc3ccccn3)cc2C1(O)c1ccccc1. The zero-order chi connectivity index (χ0) is 25.0. The van der Waals surface area contributed by atoms with Crippen LogP contribution in [0.15, 0.2) is 109 Å². The van der Waals surface area contributed by atoms with Crippen LogP contribution in [0.3, 0.4) is 0 Å². The summed E-state index contributed by atoms with van der Waals surface area (Å²) in [6.45, 7) is 2.40. The highest BCUT2D eigenvalue weighted by molar-refractivity contribution is 6.08. The predicted molar refractivity (Wildman–Crippen MR) is 138 cm³/mol. The van der Waals surface area contributed by atoms with E-state index >= 15 is 0 Å². The molecule has 0 saturated heterocycles. The molecule has 36 heavy (non-hydrogen) atoms. The topological polar surface area (TPSA) is 68.7 Å². The number of nitrogens with zero attached hydrogens (tertiary/aromatic N) is 1. The third kappa shape index (κ3) is 4.30. The number of hydrogen-bond donors (Lipinski definition) is 1. The van der Waals surface area contributed by atoms with Crippen molar-refractivity contribution in [3.8, 4) is 5.75 Å². The van der Waals surface area contributed by atoms with Crippen molar-refractivity contribution in [2.24, 2.45) is 0 Å². The summed E-state index contributed by atoms with van der Waals surface area (Å²) in [5, 5.41) is 12.4. The van der Waals surface area contributed by atoms with E-state index in [1.165, 1.54) is 0 Å². The highest BCUT2D eigenvalue weighted by atomic mass is 16.5. The Labute approximate surface area is 210 Å². The van der Waals surface area contributed by atoms with Crippen LogP contribution >= 0.6 is 0 Å². The normalized spacial score (nSPS) is 16.5. The van der Waals surface area contributed by atoms with Gasteiger partial charge in [-0.05, 0) is 47.9 Å². The average Bonchev–Trinajstić information content (AvgIpc) is 3.20. The number of fused-ring (bicyclic) bond motifs is 1. The number of hydrogen-bond acceptors (Lipinski definition) is 5. The summed E-state index contributed by atoms with van der Waals surface area (Å²) in [5.74, 6) is 0.0630. The molecule has 0 amide bonds. The lowest BCUT2D eigenvalue weighted by atomic mass is 9.83. The maximum atomic E-state index is 13.4. The van der Waals surface area contributed by atoms with Crippen molar-refractivity contribution in [1.29, 1.82) is 0 Å². The third-order valence-corrected chi connectivity index (χ3v) is 6.35. The Kier molecular flexibility index (Phi) is 6.65. The summed E-state index contributed by atoms with van der Waals surface area (Å²) in [5.41, 5.74) is 2.89. The van der Waals surface area contributed by atoms with Gasteiger partial charge >= 0.3 is 5.97 Å². The summed E-state index contributed by atoms with van der Waals surface area (Å²) in [6, 6.07) is 30.3. The minimum absolute atomic E-state index is 0.202. The quantitative estimate of drug-likeness (QED) is 0.348. The second kappa shape index (κ2) is 10.2. The number of aliphatic hydroxyl groups is 1. The van der Waals surface area contributed by atoms with Crippen LogP contribution in [0.4, 0.5) is 0 Å². The van der Waals surface area contributed by atoms with E-state index in [4.69, 9.17) is 9.47 Å². The van der Waals surface area contributed by atoms with Crippen LogP contribution in [0, 0.1) is 0 Å². The molecule has 180 valence electrons. The Bertz CT molecular complexity index is 1380. The number of pyridine rings is 1. The fourth-order valence-electron chi connectivity index (χ4n) is 4.74. The lowest BCUT2D eigenvalue weighted by Gasteiger charge is -2.28. The van der Waals surface area contributed by atoms with Gasteiger partial charge in [-0.3, -0.25) is 4.98 Å². The molecule has 0 fully saturated rings. The van der Waals surface area contributed by atoms with Crippen LogP contribution in [-0.2, 0) is 21.6 Å². The Morgan fingerprint density at radius 3 is 2.33 bits per heavy atom. The van der Waals surface area contributed by atoms with E-state index in [0.717, 1.165) is 16.8 Å². The summed E-state index contributed by atoms with van der Waals surface area (Å²) in [7, 11) is 0. The van der Waals surface area contributed by atoms with Crippen molar-refractivity contribution in [3.05, 3.63) is 137 Å². The van der Waals surface area contributed by atoms with Crippen LogP contribution in [0.25, 0.3) is 5.57 Å². The fourth-order valence-corrected chi connectivity index (χ4v) is 4.74. The van der Waals surface area contributed by atoms with E-state index in [1.54, 1.807) is 13.1 Å². The Morgan fingerprint density at radius 1 is 0.917 bits per heavy atom. The van der Waals surface area contributed by atoms with E-state index in [0.29, 0.717) is 35.5 Å². The summed E-state index contributed by atoms with van der Waals surface area (Å²) in [6.07, 6.45) is 2.42. The first-order valence-electron chi connectivity index (χ1n) is 12.1. The standard InChI is InChI=1S/C31H27NO4/c1-2-35-30(33)29-28(22-11-5-3-6-12-22)26-17-16-25(36-20-18-24-15-9-10-19-32-24)21-27(26)31(29,34)23-13-7-4-8-14-23/h3-17,19,21,34H,2,18,20H2,1H3. The van der Waals surface area contributed by atoms with Gasteiger partial charge in [-0.15, -0.1) is 0 Å². The summed E-state index contributed by atoms with van der Waals surface area (Å²) >= 11 is 0. The van der Waals surface area contributed by atoms with Gasteiger partial charge in [-0.2, -0.15) is 0 Å². The molecule has 5 heteroatoms. The van der Waals surface area contributed by atoms with Gasteiger partial charge in [0.15, 0.2) is 0 Å². The van der Waals surface area contributed by atoms with E-state index in [9.17, 15) is 9.90 Å². The van der Waals surface area contributed by atoms with Crippen LogP contribution in [0.1, 0.15) is 34.9 Å².